The van der Waals surface area contributed by atoms with Crippen molar-refractivity contribution in [3.8, 4) is 0 Å². The predicted molar refractivity (Wildman–Crippen MR) is 134 cm³/mol. The topological polar surface area (TPSA) is 145 Å². The molecule has 0 spiro atoms. The summed E-state index contributed by atoms with van der Waals surface area (Å²) in [7, 11) is 0. The lowest BCUT2D eigenvalue weighted by atomic mass is 9.95. The van der Waals surface area contributed by atoms with E-state index in [0.717, 1.165) is 46.7 Å². The summed E-state index contributed by atoms with van der Waals surface area (Å²) in [4.78, 5) is 13.1. The van der Waals surface area contributed by atoms with E-state index in [-0.39, 0.29) is 17.9 Å². The van der Waals surface area contributed by atoms with Crippen LogP contribution in [0.3, 0.4) is 0 Å². The number of nitrogens with zero attached hydrogens (tertiary/aromatic N) is 4. The van der Waals surface area contributed by atoms with Crippen LogP contribution in [0.2, 0.25) is 0 Å². The fraction of sp³-hybridized carbons (Fsp3) is 0.423. The highest BCUT2D eigenvalue weighted by molar-refractivity contribution is 5.90. The monoisotopic (exact) mass is 474 g/mol. The summed E-state index contributed by atoms with van der Waals surface area (Å²) in [6, 6.07) is 9.66. The minimum atomic E-state index is -0.891. The maximum atomic E-state index is 11.1. The SMILES string of the molecule is Nc1ccc2ccc(CC[C@H]3C[C@@H](n4cc([C@@H]5CCOC5)c5c(N)ncnc54)[C@H](O)[C@@H]3O)cc2n1. The molecule has 2 fully saturated rings. The summed E-state index contributed by atoms with van der Waals surface area (Å²) in [6.07, 6.45) is 4.88. The van der Waals surface area contributed by atoms with Crippen LogP contribution in [-0.2, 0) is 11.2 Å². The molecule has 6 N–H and O–H groups in total. The second-order valence-corrected chi connectivity index (χ2v) is 9.86. The van der Waals surface area contributed by atoms with Crippen LogP contribution in [-0.4, -0.2) is 55.2 Å². The van der Waals surface area contributed by atoms with E-state index in [2.05, 4.69) is 27.1 Å². The molecule has 1 aliphatic carbocycles. The van der Waals surface area contributed by atoms with Crippen molar-refractivity contribution in [1.29, 1.82) is 0 Å². The summed E-state index contributed by atoms with van der Waals surface area (Å²) < 4.78 is 7.60. The molecular weight excluding hydrogens is 444 g/mol. The molecule has 0 unspecified atom stereocenters. The van der Waals surface area contributed by atoms with Gasteiger partial charge in [0.1, 0.15) is 29.7 Å². The van der Waals surface area contributed by atoms with Gasteiger partial charge in [0.05, 0.1) is 29.7 Å². The molecule has 4 heterocycles. The minimum Gasteiger partial charge on any atom is -0.390 e. The molecular formula is C26H30N6O3. The number of benzene rings is 1. The van der Waals surface area contributed by atoms with Crippen molar-refractivity contribution in [1.82, 2.24) is 19.5 Å². The number of aryl methyl sites for hydroxylation is 1. The molecule has 5 atom stereocenters. The van der Waals surface area contributed by atoms with Crippen molar-refractivity contribution in [2.24, 2.45) is 5.92 Å². The number of hydrogen-bond donors (Lipinski definition) is 4. The van der Waals surface area contributed by atoms with Gasteiger partial charge in [-0.1, -0.05) is 12.1 Å². The Morgan fingerprint density at radius 1 is 1.09 bits per heavy atom. The molecule has 1 saturated carbocycles. The zero-order valence-corrected chi connectivity index (χ0v) is 19.4. The maximum Gasteiger partial charge on any atom is 0.146 e. The van der Waals surface area contributed by atoms with Crippen LogP contribution >= 0.6 is 0 Å². The van der Waals surface area contributed by atoms with E-state index < -0.39 is 12.2 Å². The summed E-state index contributed by atoms with van der Waals surface area (Å²) in [5, 5.41) is 23.9. The van der Waals surface area contributed by atoms with Crippen molar-refractivity contribution in [2.45, 2.75) is 49.9 Å². The third-order valence-electron chi connectivity index (χ3n) is 7.75. The number of hydrogen-bond acceptors (Lipinski definition) is 8. The molecule has 1 aromatic carbocycles. The van der Waals surface area contributed by atoms with Crippen molar-refractivity contribution < 1.29 is 14.9 Å². The Bertz CT molecular complexity index is 1380. The van der Waals surface area contributed by atoms with E-state index in [1.54, 1.807) is 6.07 Å². The third kappa shape index (κ3) is 3.89. The van der Waals surface area contributed by atoms with Crippen molar-refractivity contribution in [2.75, 3.05) is 24.7 Å². The second-order valence-electron chi connectivity index (χ2n) is 9.86. The molecule has 9 heteroatoms. The normalized spacial score (nSPS) is 26.7. The van der Waals surface area contributed by atoms with E-state index in [9.17, 15) is 10.2 Å². The Balaban J connectivity index is 1.25. The lowest BCUT2D eigenvalue weighted by molar-refractivity contribution is 0.00543. The average molecular weight is 475 g/mol. The maximum absolute atomic E-state index is 11.1. The van der Waals surface area contributed by atoms with Crippen LogP contribution in [0.4, 0.5) is 11.6 Å². The summed E-state index contributed by atoms with van der Waals surface area (Å²) in [5.74, 6) is 1.11. The number of aliphatic hydroxyl groups is 2. The summed E-state index contributed by atoms with van der Waals surface area (Å²) in [5.41, 5.74) is 15.9. The van der Waals surface area contributed by atoms with Crippen molar-refractivity contribution in [3.63, 3.8) is 0 Å². The molecule has 2 aliphatic rings. The average Bonchev–Trinajstić information content (AvgIpc) is 3.57. The Labute approximate surface area is 202 Å². The Morgan fingerprint density at radius 3 is 2.77 bits per heavy atom. The number of anilines is 2. The molecule has 3 aromatic heterocycles. The first-order chi connectivity index (χ1) is 17.0. The van der Waals surface area contributed by atoms with Crippen LogP contribution in [0.15, 0.2) is 42.9 Å². The number of nitrogen functional groups attached to an aromatic ring is 2. The minimum absolute atomic E-state index is 0.0469. The molecule has 9 nitrogen and oxygen atoms in total. The molecule has 4 aromatic rings. The van der Waals surface area contributed by atoms with Gasteiger partial charge in [0, 0.05) is 24.1 Å². The van der Waals surface area contributed by atoms with Gasteiger partial charge < -0.3 is 31.0 Å². The van der Waals surface area contributed by atoms with Gasteiger partial charge >= 0.3 is 0 Å². The number of aliphatic hydroxyl groups excluding tert-OH is 2. The highest BCUT2D eigenvalue weighted by Crippen LogP contribution is 2.42. The zero-order chi connectivity index (χ0) is 24.1. The van der Waals surface area contributed by atoms with Gasteiger partial charge in [-0.05, 0) is 60.9 Å². The second kappa shape index (κ2) is 8.75. The number of aromatic nitrogens is 4. The van der Waals surface area contributed by atoms with E-state index in [0.29, 0.717) is 36.9 Å². The number of ether oxygens (including phenoxy) is 1. The fourth-order valence-electron chi connectivity index (χ4n) is 5.83. The fourth-order valence-corrected chi connectivity index (χ4v) is 5.83. The number of pyridine rings is 1. The summed E-state index contributed by atoms with van der Waals surface area (Å²) in [6.45, 7) is 1.35. The number of nitrogens with two attached hydrogens (primary N) is 2. The highest BCUT2D eigenvalue weighted by atomic mass is 16.5. The lowest BCUT2D eigenvalue weighted by Crippen LogP contribution is -2.29. The first-order valence-electron chi connectivity index (χ1n) is 12.2. The van der Waals surface area contributed by atoms with Crippen LogP contribution in [0.5, 0.6) is 0 Å². The first kappa shape index (κ1) is 22.2. The van der Waals surface area contributed by atoms with Gasteiger partial charge in [-0.2, -0.15) is 0 Å². The highest BCUT2D eigenvalue weighted by Gasteiger charge is 2.43. The van der Waals surface area contributed by atoms with Gasteiger partial charge in [-0.15, -0.1) is 0 Å². The van der Waals surface area contributed by atoms with E-state index in [1.165, 1.54) is 6.33 Å². The lowest BCUT2D eigenvalue weighted by Gasteiger charge is -2.19. The third-order valence-corrected chi connectivity index (χ3v) is 7.75. The van der Waals surface area contributed by atoms with Gasteiger partial charge in [0.25, 0.3) is 0 Å². The molecule has 6 rings (SSSR count). The number of fused-ring (bicyclic) bond motifs is 2. The van der Waals surface area contributed by atoms with E-state index >= 15 is 0 Å². The molecule has 0 bridgehead atoms. The smallest absolute Gasteiger partial charge is 0.146 e. The Hall–Kier alpha value is -3.27. The van der Waals surface area contributed by atoms with Gasteiger partial charge in [0.2, 0.25) is 0 Å². The molecule has 0 radical (unpaired) electrons. The summed E-state index contributed by atoms with van der Waals surface area (Å²) >= 11 is 0. The largest absolute Gasteiger partial charge is 0.390 e. The molecule has 0 amide bonds. The van der Waals surface area contributed by atoms with Gasteiger partial charge in [-0.25, -0.2) is 15.0 Å². The van der Waals surface area contributed by atoms with Crippen LogP contribution in [0.1, 0.15) is 42.3 Å². The molecule has 182 valence electrons. The van der Waals surface area contributed by atoms with Crippen LogP contribution in [0, 0.1) is 5.92 Å². The zero-order valence-electron chi connectivity index (χ0n) is 19.4. The quantitative estimate of drug-likeness (QED) is 0.345. The van der Waals surface area contributed by atoms with Crippen LogP contribution < -0.4 is 11.5 Å². The van der Waals surface area contributed by atoms with E-state index in [1.807, 2.05) is 22.9 Å². The Morgan fingerprint density at radius 2 is 1.94 bits per heavy atom. The van der Waals surface area contributed by atoms with Gasteiger partial charge in [0.15, 0.2) is 0 Å². The van der Waals surface area contributed by atoms with Gasteiger partial charge in [-0.3, -0.25) is 0 Å². The molecule has 1 saturated heterocycles. The van der Waals surface area contributed by atoms with Crippen molar-refractivity contribution in [3.05, 3.63) is 54.0 Å². The van der Waals surface area contributed by atoms with E-state index in [4.69, 9.17) is 16.2 Å². The predicted octanol–water partition coefficient (Wildman–Crippen LogP) is 2.56. The molecule has 35 heavy (non-hydrogen) atoms. The van der Waals surface area contributed by atoms with Crippen LogP contribution in [0.25, 0.3) is 21.9 Å². The first-order valence-corrected chi connectivity index (χ1v) is 12.2. The standard InChI is InChI=1S/C26H30N6O3/c27-21-6-5-15-3-1-14(9-19(15)31-21)2-4-16-10-20(24(34)23(16)33)32-11-18(17-7-8-35-12-17)22-25(28)29-13-30-26(22)32/h1,3,5-6,9,11,13,16-17,20,23-24,33-34H,2,4,7-8,10,12H2,(H2,27,31)(H2,28,29,30)/t16-,17+,20+,23+,24-/m0/s1. The number of rotatable bonds is 5. The molecule has 1 aliphatic heterocycles. The Kier molecular flexibility index (Phi) is 5.55. The van der Waals surface area contributed by atoms with Crippen molar-refractivity contribution >= 4 is 33.6 Å².